The van der Waals surface area contributed by atoms with Crippen LogP contribution in [0.4, 0.5) is 19.0 Å². The molecular formula is C15H10F3N3. The zero-order valence-electron chi connectivity index (χ0n) is 11.0. The summed E-state index contributed by atoms with van der Waals surface area (Å²) in [5.41, 5.74) is -0.0628. The van der Waals surface area contributed by atoms with E-state index in [0.29, 0.717) is 11.2 Å². The van der Waals surface area contributed by atoms with Crippen molar-refractivity contribution in [1.82, 2.24) is 9.97 Å². The third kappa shape index (κ3) is 2.29. The monoisotopic (exact) mass is 289 g/mol. The zero-order chi connectivity index (χ0) is 15.0. The number of benzene rings is 2. The Balaban J connectivity index is 2.33. The summed E-state index contributed by atoms with van der Waals surface area (Å²) in [5, 5.41) is 3.39. The van der Waals surface area contributed by atoms with Gasteiger partial charge in [0, 0.05) is 18.5 Å². The maximum atomic E-state index is 13.8. The number of nitrogens with one attached hydrogen (secondary N) is 1. The Morgan fingerprint density at radius 2 is 1.67 bits per heavy atom. The van der Waals surface area contributed by atoms with Gasteiger partial charge in [-0.2, -0.15) is 0 Å². The molecule has 3 rings (SSSR count). The van der Waals surface area contributed by atoms with Crippen molar-refractivity contribution >= 4 is 16.7 Å². The van der Waals surface area contributed by atoms with E-state index in [2.05, 4.69) is 15.3 Å². The maximum absolute atomic E-state index is 13.8. The third-order valence-electron chi connectivity index (χ3n) is 3.08. The van der Waals surface area contributed by atoms with E-state index in [1.54, 1.807) is 7.05 Å². The molecule has 0 saturated carbocycles. The number of halogens is 3. The van der Waals surface area contributed by atoms with E-state index in [4.69, 9.17) is 0 Å². The summed E-state index contributed by atoms with van der Waals surface area (Å²) in [6.07, 6.45) is 0. The van der Waals surface area contributed by atoms with Gasteiger partial charge in [-0.15, -0.1) is 0 Å². The molecule has 1 aromatic heterocycles. The lowest BCUT2D eigenvalue weighted by Crippen LogP contribution is -2.01. The Hall–Kier alpha value is -2.63. The van der Waals surface area contributed by atoms with Crippen LogP contribution in [-0.4, -0.2) is 17.0 Å². The van der Waals surface area contributed by atoms with E-state index in [-0.39, 0.29) is 16.9 Å². The van der Waals surface area contributed by atoms with Crippen LogP contribution in [0.25, 0.3) is 22.3 Å². The van der Waals surface area contributed by atoms with E-state index >= 15 is 0 Å². The molecule has 0 radical (unpaired) electrons. The minimum Gasteiger partial charge on any atom is -0.373 e. The predicted octanol–water partition coefficient (Wildman–Crippen LogP) is 3.76. The van der Waals surface area contributed by atoms with E-state index < -0.39 is 17.5 Å². The first-order valence-electron chi connectivity index (χ1n) is 6.19. The van der Waals surface area contributed by atoms with Gasteiger partial charge in [-0.05, 0) is 24.3 Å². The number of rotatable bonds is 2. The molecule has 6 heteroatoms. The normalized spacial score (nSPS) is 10.9. The van der Waals surface area contributed by atoms with Crippen molar-refractivity contribution in [2.45, 2.75) is 0 Å². The molecule has 0 atom stereocenters. The van der Waals surface area contributed by atoms with Gasteiger partial charge in [0.05, 0.1) is 11.1 Å². The Kier molecular flexibility index (Phi) is 3.21. The van der Waals surface area contributed by atoms with Crippen molar-refractivity contribution in [2.75, 3.05) is 12.4 Å². The highest BCUT2D eigenvalue weighted by Crippen LogP contribution is 2.28. The van der Waals surface area contributed by atoms with Crippen LogP contribution in [0.5, 0.6) is 0 Å². The van der Waals surface area contributed by atoms with Crippen LogP contribution >= 0.6 is 0 Å². The minimum atomic E-state index is -0.771. The van der Waals surface area contributed by atoms with Crippen LogP contribution in [0.3, 0.4) is 0 Å². The molecule has 106 valence electrons. The number of hydrogen-bond acceptors (Lipinski definition) is 3. The molecule has 0 aliphatic heterocycles. The van der Waals surface area contributed by atoms with Gasteiger partial charge in [-0.3, -0.25) is 0 Å². The van der Waals surface area contributed by atoms with Gasteiger partial charge in [0.25, 0.3) is 0 Å². The van der Waals surface area contributed by atoms with Crippen LogP contribution in [-0.2, 0) is 0 Å². The summed E-state index contributed by atoms with van der Waals surface area (Å²) in [7, 11) is 1.62. The Morgan fingerprint density at radius 3 is 2.33 bits per heavy atom. The van der Waals surface area contributed by atoms with Gasteiger partial charge in [0.15, 0.2) is 5.82 Å². The van der Waals surface area contributed by atoms with Crippen molar-refractivity contribution in [1.29, 1.82) is 0 Å². The highest BCUT2D eigenvalue weighted by atomic mass is 19.1. The first kappa shape index (κ1) is 13.4. The van der Waals surface area contributed by atoms with E-state index in [9.17, 15) is 13.2 Å². The molecule has 0 bridgehead atoms. The van der Waals surface area contributed by atoms with Crippen LogP contribution < -0.4 is 5.32 Å². The lowest BCUT2D eigenvalue weighted by Gasteiger charge is -2.09. The summed E-state index contributed by atoms with van der Waals surface area (Å²) in [6.45, 7) is 0. The van der Waals surface area contributed by atoms with Crippen molar-refractivity contribution in [3.63, 3.8) is 0 Å². The Labute approximate surface area is 118 Å². The van der Waals surface area contributed by atoms with Gasteiger partial charge < -0.3 is 5.32 Å². The molecule has 0 fully saturated rings. The molecular weight excluding hydrogens is 279 g/mol. The molecule has 0 unspecified atom stereocenters. The van der Waals surface area contributed by atoms with Crippen molar-refractivity contribution in [3.8, 4) is 11.4 Å². The molecule has 21 heavy (non-hydrogen) atoms. The fourth-order valence-corrected chi connectivity index (χ4v) is 2.12. The fourth-order valence-electron chi connectivity index (χ4n) is 2.12. The Bertz CT molecular complexity index is 814. The van der Waals surface area contributed by atoms with Crippen molar-refractivity contribution in [2.24, 2.45) is 0 Å². The zero-order valence-corrected chi connectivity index (χ0v) is 11.0. The van der Waals surface area contributed by atoms with E-state index in [1.807, 2.05) is 0 Å². The number of anilines is 1. The molecule has 0 amide bonds. The average Bonchev–Trinajstić information content (AvgIpc) is 2.45. The smallest absolute Gasteiger partial charge is 0.168 e. The molecule has 0 spiro atoms. The Morgan fingerprint density at radius 1 is 0.952 bits per heavy atom. The standard InChI is InChI=1S/C15H10F3N3/c1-19-14-9-6-5-8(16)7-12(9)20-15(21-14)13-10(17)3-2-4-11(13)18/h2-7H,1H3,(H,19,20,21). The predicted molar refractivity (Wildman–Crippen MR) is 74.4 cm³/mol. The van der Waals surface area contributed by atoms with Crippen molar-refractivity contribution < 1.29 is 13.2 Å². The SMILES string of the molecule is CNc1nc(-c2c(F)cccc2F)nc2cc(F)ccc12. The molecule has 0 aliphatic carbocycles. The largest absolute Gasteiger partial charge is 0.373 e. The summed E-state index contributed by atoms with van der Waals surface area (Å²) in [5.74, 6) is -1.78. The van der Waals surface area contributed by atoms with Gasteiger partial charge in [-0.1, -0.05) is 6.07 Å². The van der Waals surface area contributed by atoms with Crippen LogP contribution in [0.15, 0.2) is 36.4 Å². The van der Waals surface area contributed by atoms with Gasteiger partial charge in [0.1, 0.15) is 23.3 Å². The summed E-state index contributed by atoms with van der Waals surface area (Å²) in [4.78, 5) is 8.18. The lowest BCUT2D eigenvalue weighted by molar-refractivity contribution is 0.587. The van der Waals surface area contributed by atoms with Crippen LogP contribution in [0.1, 0.15) is 0 Å². The third-order valence-corrected chi connectivity index (χ3v) is 3.08. The summed E-state index contributed by atoms with van der Waals surface area (Å²) >= 11 is 0. The molecule has 1 N–H and O–H groups in total. The molecule has 3 aromatic rings. The molecule has 2 aromatic carbocycles. The van der Waals surface area contributed by atoms with E-state index in [1.165, 1.54) is 24.3 Å². The lowest BCUT2D eigenvalue weighted by atomic mass is 10.1. The number of hydrogen-bond donors (Lipinski definition) is 1. The van der Waals surface area contributed by atoms with Gasteiger partial charge >= 0.3 is 0 Å². The highest BCUT2D eigenvalue weighted by molar-refractivity contribution is 5.90. The van der Waals surface area contributed by atoms with Gasteiger partial charge in [-0.25, -0.2) is 23.1 Å². The number of nitrogens with zero attached hydrogens (tertiary/aromatic N) is 2. The average molecular weight is 289 g/mol. The topological polar surface area (TPSA) is 37.8 Å². The maximum Gasteiger partial charge on any atom is 0.168 e. The molecule has 1 heterocycles. The molecule has 3 nitrogen and oxygen atoms in total. The first-order chi connectivity index (χ1) is 10.1. The second kappa shape index (κ2) is 5.05. The van der Waals surface area contributed by atoms with E-state index in [0.717, 1.165) is 12.1 Å². The van der Waals surface area contributed by atoms with Crippen molar-refractivity contribution in [3.05, 3.63) is 53.8 Å². The summed E-state index contributed by atoms with van der Waals surface area (Å²) in [6, 6.07) is 7.48. The first-order valence-corrected chi connectivity index (χ1v) is 6.19. The molecule has 0 aliphatic rings. The van der Waals surface area contributed by atoms with Gasteiger partial charge in [0.2, 0.25) is 0 Å². The number of aromatic nitrogens is 2. The quantitative estimate of drug-likeness (QED) is 0.780. The second-order valence-corrected chi connectivity index (χ2v) is 4.40. The molecule has 0 saturated heterocycles. The second-order valence-electron chi connectivity index (χ2n) is 4.40. The minimum absolute atomic E-state index is 0.131. The summed E-state index contributed by atoms with van der Waals surface area (Å²) < 4.78 is 41.0. The van der Waals surface area contributed by atoms with Crippen LogP contribution in [0, 0.1) is 17.5 Å². The fraction of sp³-hybridized carbons (Fsp3) is 0.0667. The number of fused-ring (bicyclic) bond motifs is 1. The van der Waals surface area contributed by atoms with Crippen LogP contribution in [0.2, 0.25) is 0 Å². The highest BCUT2D eigenvalue weighted by Gasteiger charge is 2.16.